The highest BCUT2D eigenvalue weighted by Gasteiger charge is 2.47. The lowest BCUT2D eigenvalue weighted by Gasteiger charge is -2.36. The number of ether oxygens (including phenoxy) is 2. The Morgan fingerprint density at radius 2 is 1.79 bits per heavy atom. The fourth-order valence-electron chi connectivity index (χ4n) is 3.85. The van der Waals surface area contributed by atoms with Crippen LogP contribution in [0, 0.1) is 5.92 Å². The van der Waals surface area contributed by atoms with Crippen molar-refractivity contribution in [2.75, 3.05) is 18.1 Å². The van der Waals surface area contributed by atoms with Gasteiger partial charge >= 0.3 is 11.9 Å². The van der Waals surface area contributed by atoms with E-state index in [0.29, 0.717) is 11.5 Å². The number of hydrogen-bond donors (Lipinski definition) is 0. The molecule has 2 aromatic rings. The van der Waals surface area contributed by atoms with Crippen LogP contribution in [0.3, 0.4) is 0 Å². The summed E-state index contributed by atoms with van der Waals surface area (Å²) in [5, 5.41) is 0. The van der Waals surface area contributed by atoms with Crippen LogP contribution in [0.1, 0.15) is 24.0 Å². The quantitative estimate of drug-likeness (QED) is 0.549. The zero-order chi connectivity index (χ0) is 20.2. The van der Waals surface area contributed by atoms with Crippen LogP contribution in [0.25, 0.3) is 6.08 Å². The summed E-state index contributed by atoms with van der Waals surface area (Å²) >= 11 is 1.77. The first kappa shape index (κ1) is 19.5. The summed E-state index contributed by atoms with van der Waals surface area (Å²) in [5.41, 5.74) is 3.93. The Hall–Kier alpha value is -2.79. The average molecular weight is 407 g/mol. The maximum atomic E-state index is 13.0. The van der Waals surface area contributed by atoms with Gasteiger partial charge in [0.15, 0.2) is 5.92 Å². The number of hydrogen-bond acceptors (Lipinski definition) is 5. The largest absolute Gasteiger partial charge is 0.465 e. The number of rotatable bonds is 4. The summed E-state index contributed by atoms with van der Waals surface area (Å²) in [4.78, 5) is 25.6. The van der Waals surface area contributed by atoms with Crippen molar-refractivity contribution in [2.24, 2.45) is 5.92 Å². The second-order valence-corrected chi connectivity index (χ2v) is 7.95. The van der Waals surface area contributed by atoms with Crippen LogP contribution in [0.5, 0.6) is 0 Å². The fourth-order valence-corrected chi connectivity index (χ4v) is 4.91. The Balaban J connectivity index is 1.83. The van der Waals surface area contributed by atoms with Crippen molar-refractivity contribution in [2.45, 2.75) is 12.8 Å². The third-order valence-corrected chi connectivity index (χ3v) is 6.13. The van der Waals surface area contributed by atoms with Crippen molar-refractivity contribution in [3.8, 4) is 0 Å². The second-order valence-electron chi connectivity index (χ2n) is 6.97. The molecule has 2 unspecified atom stereocenters. The van der Waals surface area contributed by atoms with E-state index in [1.54, 1.807) is 18.7 Å². The molecule has 0 saturated heterocycles. The minimum Gasteiger partial charge on any atom is -0.465 e. The van der Waals surface area contributed by atoms with E-state index in [1.807, 2.05) is 60.7 Å². The van der Waals surface area contributed by atoms with Crippen LogP contribution in [0.15, 0.2) is 77.6 Å². The number of allylic oxidation sites excluding steroid dienone is 1. The highest BCUT2D eigenvalue weighted by molar-refractivity contribution is 7.99. The first-order chi connectivity index (χ1) is 14.2. The van der Waals surface area contributed by atoms with E-state index >= 15 is 0 Å². The van der Waals surface area contributed by atoms with Gasteiger partial charge in [-0.2, -0.15) is 11.8 Å². The van der Waals surface area contributed by atoms with Crippen molar-refractivity contribution in [1.29, 1.82) is 0 Å². The molecule has 2 heterocycles. The van der Waals surface area contributed by atoms with Gasteiger partial charge in [0.1, 0.15) is 5.76 Å². The molecule has 0 aliphatic carbocycles. The third kappa shape index (κ3) is 4.01. The molecule has 0 aromatic heterocycles. The number of carbonyl (C=O) groups excluding carboxylic acids is 2. The molecule has 148 valence electrons. The lowest BCUT2D eigenvalue weighted by atomic mass is 9.78. The fraction of sp³-hybridized carbons (Fsp3) is 0.250. The molecule has 0 amide bonds. The average Bonchev–Trinajstić information content (AvgIpc) is 2.75. The van der Waals surface area contributed by atoms with Gasteiger partial charge in [0.2, 0.25) is 0 Å². The van der Waals surface area contributed by atoms with E-state index in [9.17, 15) is 9.59 Å². The molecular formula is C24H22O4S. The minimum atomic E-state index is -0.979. The van der Waals surface area contributed by atoms with E-state index in [0.717, 1.165) is 28.0 Å². The van der Waals surface area contributed by atoms with Crippen LogP contribution in [0.2, 0.25) is 0 Å². The topological polar surface area (TPSA) is 52.6 Å². The Bertz CT molecular complexity index is 963. The summed E-state index contributed by atoms with van der Waals surface area (Å²) in [6.45, 7) is 1.97. The molecule has 29 heavy (non-hydrogen) atoms. The van der Waals surface area contributed by atoms with Crippen molar-refractivity contribution >= 4 is 29.8 Å². The Morgan fingerprint density at radius 3 is 2.48 bits per heavy atom. The summed E-state index contributed by atoms with van der Waals surface area (Å²) < 4.78 is 11.0. The Labute approximate surface area is 174 Å². The molecule has 2 atom stereocenters. The number of esters is 2. The van der Waals surface area contributed by atoms with Gasteiger partial charge < -0.3 is 9.47 Å². The van der Waals surface area contributed by atoms with Gasteiger partial charge in [0, 0.05) is 23.0 Å². The van der Waals surface area contributed by atoms with E-state index in [4.69, 9.17) is 9.47 Å². The normalized spacial score (nSPS) is 22.8. The van der Waals surface area contributed by atoms with Crippen LogP contribution in [-0.4, -0.2) is 30.1 Å². The maximum Gasteiger partial charge on any atom is 0.326 e. The smallest absolute Gasteiger partial charge is 0.326 e. The van der Waals surface area contributed by atoms with Gasteiger partial charge in [-0.15, -0.1) is 0 Å². The van der Waals surface area contributed by atoms with Crippen molar-refractivity contribution in [1.82, 2.24) is 0 Å². The molecule has 0 N–H and O–H groups in total. The van der Waals surface area contributed by atoms with E-state index in [1.165, 1.54) is 0 Å². The van der Waals surface area contributed by atoms with Crippen LogP contribution in [0.4, 0.5) is 0 Å². The van der Waals surface area contributed by atoms with Crippen LogP contribution in [-0.2, 0) is 19.1 Å². The van der Waals surface area contributed by atoms with Gasteiger partial charge in [-0.3, -0.25) is 9.59 Å². The molecule has 2 aromatic carbocycles. The van der Waals surface area contributed by atoms with E-state index in [-0.39, 0.29) is 12.5 Å². The highest BCUT2D eigenvalue weighted by Crippen LogP contribution is 2.46. The molecule has 0 saturated carbocycles. The minimum absolute atomic E-state index is 0.226. The lowest BCUT2D eigenvalue weighted by molar-refractivity contribution is -0.161. The van der Waals surface area contributed by atoms with Crippen LogP contribution >= 0.6 is 11.8 Å². The van der Waals surface area contributed by atoms with E-state index < -0.39 is 17.9 Å². The number of carbonyl (C=O) groups is 2. The molecule has 0 radical (unpaired) electrons. The molecule has 4 rings (SSSR count). The number of benzene rings is 2. The van der Waals surface area contributed by atoms with Gasteiger partial charge in [-0.25, -0.2) is 0 Å². The van der Waals surface area contributed by atoms with Crippen LogP contribution < -0.4 is 0 Å². The molecule has 2 aliphatic rings. The van der Waals surface area contributed by atoms with Gasteiger partial charge in [0.05, 0.1) is 6.61 Å². The summed E-state index contributed by atoms with van der Waals surface area (Å²) in [5.74, 6) is -0.334. The lowest BCUT2D eigenvalue weighted by Crippen LogP contribution is -2.39. The first-order valence-corrected chi connectivity index (χ1v) is 10.8. The standard InChI is InChI=1S/C24H22O4S/c1-2-27-23(25)21-20(17-11-7-4-8-12-17)19-15-29-14-18(22(19)28-24(21)26)13-16-9-5-3-6-10-16/h3-13,20-21H,2,14-15H2,1H3. The Kier molecular flexibility index (Phi) is 5.86. The van der Waals surface area contributed by atoms with Gasteiger partial charge in [0.25, 0.3) is 0 Å². The van der Waals surface area contributed by atoms with Gasteiger partial charge in [-0.05, 0) is 29.7 Å². The summed E-state index contributed by atoms with van der Waals surface area (Å²) in [6.07, 6.45) is 2.06. The van der Waals surface area contributed by atoms with Gasteiger partial charge in [-0.1, -0.05) is 60.7 Å². The summed E-state index contributed by atoms with van der Waals surface area (Å²) in [7, 11) is 0. The van der Waals surface area contributed by atoms with E-state index in [2.05, 4.69) is 6.08 Å². The molecular weight excluding hydrogens is 384 g/mol. The molecule has 0 spiro atoms. The molecule has 2 aliphatic heterocycles. The molecule has 5 heteroatoms. The van der Waals surface area contributed by atoms with Crippen molar-refractivity contribution in [3.63, 3.8) is 0 Å². The molecule has 4 nitrogen and oxygen atoms in total. The predicted octanol–water partition coefficient (Wildman–Crippen LogP) is 4.59. The predicted molar refractivity (Wildman–Crippen MR) is 114 cm³/mol. The monoisotopic (exact) mass is 406 g/mol. The zero-order valence-corrected chi connectivity index (χ0v) is 17.0. The maximum absolute atomic E-state index is 13.0. The first-order valence-electron chi connectivity index (χ1n) is 9.69. The SMILES string of the molecule is CCOC(=O)C1C(=O)OC2=C(CSCC2=Cc2ccccc2)C1c1ccccc1. The second kappa shape index (κ2) is 8.70. The van der Waals surface area contributed by atoms with Crippen molar-refractivity contribution < 1.29 is 19.1 Å². The highest BCUT2D eigenvalue weighted by atomic mass is 32.2. The zero-order valence-electron chi connectivity index (χ0n) is 16.2. The summed E-state index contributed by atoms with van der Waals surface area (Å²) in [6, 6.07) is 19.7. The van der Waals surface area contributed by atoms with Crippen molar-refractivity contribution in [3.05, 3.63) is 88.7 Å². The number of thioether (sulfide) groups is 1. The molecule has 0 bridgehead atoms. The Morgan fingerprint density at radius 1 is 1.10 bits per heavy atom. The molecule has 0 fully saturated rings. The third-order valence-electron chi connectivity index (χ3n) is 5.10.